The fourth-order valence-corrected chi connectivity index (χ4v) is 5.85. The molecule has 32 heavy (non-hydrogen) atoms. The number of aliphatic imine (C=N–C) groups is 1. The number of nitrogens with two attached hydrogens (primary N) is 1. The molecular weight excluding hydrogens is 404 g/mol. The van der Waals surface area contributed by atoms with Gasteiger partial charge in [0.25, 0.3) is 11.8 Å². The highest BCUT2D eigenvalue weighted by Gasteiger charge is 2.48. The summed E-state index contributed by atoms with van der Waals surface area (Å²) in [7, 11) is 1.73. The largest absolute Gasteiger partial charge is 0.369 e. The van der Waals surface area contributed by atoms with Gasteiger partial charge in [-0.2, -0.15) is 10.2 Å². The van der Waals surface area contributed by atoms with Crippen molar-refractivity contribution in [2.45, 2.75) is 88.6 Å². The Morgan fingerprint density at radius 3 is 2.62 bits per heavy atom. The van der Waals surface area contributed by atoms with E-state index in [9.17, 15) is 9.59 Å². The lowest BCUT2D eigenvalue weighted by Gasteiger charge is -2.35. The first-order valence-corrected chi connectivity index (χ1v) is 12.2. The van der Waals surface area contributed by atoms with Gasteiger partial charge in [-0.05, 0) is 50.0 Å². The van der Waals surface area contributed by atoms with Crippen molar-refractivity contribution < 1.29 is 9.59 Å². The second-order valence-corrected chi connectivity index (χ2v) is 9.95. The third-order valence-corrected chi connectivity index (χ3v) is 7.66. The molecule has 0 aromatic carbocycles. The molecule has 0 saturated heterocycles. The fraction of sp³-hybridized carbons (Fsp3) is 0.708. The average Bonchev–Trinajstić information content (AvgIpc) is 3.03. The zero-order valence-corrected chi connectivity index (χ0v) is 19.1. The van der Waals surface area contributed by atoms with Gasteiger partial charge in [-0.3, -0.25) is 14.5 Å². The summed E-state index contributed by atoms with van der Waals surface area (Å²) in [6.45, 7) is 0. The maximum Gasteiger partial charge on any atom is 0.257 e. The van der Waals surface area contributed by atoms with Crippen LogP contribution in [-0.4, -0.2) is 51.5 Å². The molecule has 8 nitrogen and oxygen atoms in total. The lowest BCUT2D eigenvalue weighted by atomic mass is 9.74. The van der Waals surface area contributed by atoms with E-state index < -0.39 is 5.54 Å². The van der Waals surface area contributed by atoms with Crippen LogP contribution in [0.25, 0.3) is 0 Å². The van der Waals surface area contributed by atoms with Gasteiger partial charge in [-0.25, -0.2) is 4.99 Å². The van der Waals surface area contributed by atoms with Crippen LogP contribution >= 0.6 is 0 Å². The number of nitrogens with one attached hydrogen (secondary N) is 1. The van der Waals surface area contributed by atoms with E-state index in [2.05, 4.69) is 15.5 Å². The van der Waals surface area contributed by atoms with E-state index in [0.717, 1.165) is 38.5 Å². The molecule has 174 valence electrons. The second-order valence-electron chi connectivity index (χ2n) is 9.95. The normalized spacial score (nSPS) is 29.1. The van der Waals surface area contributed by atoms with Crippen LogP contribution in [-0.2, 0) is 4.79 Å². The molecule has 2 unspecified atom stereocenters. The lowest BCUT2D eigenvalue weighted by Crippen LogP contribution is -2.45. The minimum absolute atomic E-state index is 0.0415. The van der Waals surface area contributed by atoms with E-state index >= 15 is 0 Å². The topological polar surface area (TPSA) is 114 Å². The molecule has 2 amide bonds. The number of hydrogen-bond acceptors (Lipinski definition) is 6. The standard InChI is InChI=1S/C24H36N6O2/c1-30-22(32)24(29-23(30)25,12-10-17-6-3-2-4-7-17)15-18-8-5-9-20(14-18)28-21(31)19-11-13-26-27-16-19/h11,13,16-18,20H,2-10,12,14-15H2,1H3,(H2,25,29)(H,28,31)/t18-,20?,24?/m0/s1. The summed E-state index contributed by atoms with van der Waals surface area (Å²) >= 11 is 0. The molecule has 0 radical (unpaired) electrons. The van der Waals surface area contributed by atoms with E-state index in [4.69, 9.17) is 10.7 Å². The van der Waals surface area contributed by atoms with Crippen LogP contribution in [0.5, 0.6) is 0 Å². The number of carbonyl (C=O) groups excluding carboxylic acids is 2. The summed E-state index contributed by atoms with van der Waals surface area (Å²) in [5.74, 6) is 1.30. The van der Waals surface area contributed by atoms with Crippen LogP contribution in [0, 0.1) is 11.8 Å². The number of rotatable bonds is 7. The fourth-order valence-electron chi connectivity index (χ4n) is 5.85. The minimum Gasteiger partial charge on any atom is -0.369 e. The Hall–Kier alpha value is -2.51. The first-order valence-electron chi connectivity index (χ1n) is 12.2. The Bertz CT molecular complexity index is 838. The van der Waals surface area contributed by atoms with Gasteiger partial charge in [0.1, 0.15) is 5.54 Å². The van der Waals surface area contributed by atoms with Gasteiger partial charge in [-0.1, -0.05) is 44.9 Å². The van der Waals surface area contributed by atoms with Gasteiger partial charge in [0.05, 0.1) is 18.0 Å². The van der Waals surface area contributed by atoms with E-state index in [1.165, 1.54) is 49.4 Å². The summed E-state index contributed by atoms with van der Waals surface area (Å²) in [6, 6.07) is 1.77. The molecule has 3 atom stereocenters. The zero-order valence-electron chi connectivity index (χ0n) is 19.1. The monoisotopic (exact) mass is 440 g/mol. The number of nitrogens with zero attached hydrogens (tertiary/aromatic N) is 4. The molecule has 2 fully saturated rings. The second kappa shape index (κ2) is 9.96. The van der Waals surface area contributed by atoms with E-state index in [-0.39, 0.29) is 17.9 Å². The van der Waals surface area contributed by atoms with Crippen molar-refractivity contribution in [3.8, 4) is 0 Å². The first kappa shape index (κ1) is 22.7. The maximum absolute atomic E-state index is 13.3. The van der Waals surface area contributed by atoms with Crippen LogP contribution < -0.4 is 11.1 Å². The molecule has 2 saturated carbocycles. The molecule has 3 aliphatic rings. The van der Waals surface area contributed by atoms with E-state index in [1.54, 1.807) is 13.1 Å². The number of carbonyl (C=O) groups is 2. The quantitative estimate of drug-likeness (QED) is 0.676. The molecule has 1 aliphatic heterocycles. The molecule has 2 heterocycles. The van der Waals surface area contributed by atoms with Gasteiger partial charge < -0.3 is 11.1 Å². The molecular formula is C24H36N6O2. The van der Waals surface area contributed by atoms with Gasteiger partial charge >= 0.3 is 0 Å². The maximum atomic E-state index is 13.3. The number of likely N-dealkylation sites (N-methyl/N-ethyl adjacent to an activating group) is 1. The van der Waals surface area contributed by atoms with Crippen molar-refractivity contribution in [3.63, 3.8) is 0 Å². The first-order chi connectivity index (χ1) is 15.5. The average molecular weight is 441 g/mol. The molecule has 1 aromatic heterocycles. The summed E-state index contributed by atoms with van der Waals surface area (Å²) < 4.78 is 0. The van der Waals surface area contributed by atoms with E-state index in [1.807, 2.05) is 0 Å². The third kappa shape index (κ3) is 5.10. The van der Waals surface area contributed by atoms with Gasteiger partial charge in [0, 0.05) is 13.1 Å². The van der Waals surface area contributed by atoms with Crippen molar-refractivity contribution in [1.82, 2.24) is 20.4 Å². The molecule has 8 heteroatoms. The molecule has 0 spiro atoms. The predicted octanol–water partition coefficient (Wildman–Crippen LogP) is 3.04. The number of aromatic nitrogens is 2. The number of hydrogen-bond donors (Lipinski definition) is 2. The van der Waals surface area contributed by atoms with Crippen LogP contribution in [0.1, 0.15) is 87.4 Å². The van der Waals surface area contributed by atoms with Crippen LogP contribution in [0.2, 0.25) is 0 Å². The molecule has 1 aromatic rings. The van der Waals surface area contributed by atoms with Gasteiger partial charge in [0.15, 0.2) is 5.96 Å². The molecule has 0 bridgehead atoms. The van der Waals surface area contributed by atoms with Crippen LogP contribution in [0.4, 0.5) is 0 Å². The summed E-state index contributed by atoms with van der Waals surface area (Å²) in [5, 5.41) is 10.7. The van der Waals surface area contributed by atoms with Crippen molar-refractivity contribution in [3.05, 3.63) is 24.0 Å². The Balaban J connectivity index is 1.41. The van der Waals surface area contributed by atoms with Crippen LogP contribution in [0.3, 0.4) is 0 Å². The Labute approximate surface area is 190 Å². The Morgan fingerprint density at radius 2 is 1.94 bits per heavy atom. The van der Waals surface area contributed by atoms with Crippen molar-refractivity contribution in [2.24, 2.45) is 22.6 Å². The van der Waals surface area contributed by atoms with Crippen molar-refractivity contribution in [2.75, 3.05) is 7.05 Å². The van der Waals surface area contributed by atoms with Gasteiger partial charge in [0.2, 0.25) is 0 Å². The SMILES string of the molecule is CN1C(=O)C(CCC2CCCCC2)(C[C@H]2CCCC(NC(=O)c3ccnnc3)C2)N=C1N. The number of guanidine groups is 1. The highest BCUT2D eigenvalue weighted by atomic mass is 16.2. The lowest BCUT2D eigenvalue weighted by molar-refractivity contribution is -0.131. The molecule has 2 aliphatic carbocycles. The summed E-state index contributed by atoms with van der Waals surface area (Å²) in [6.07, 6.45) is 15.9. The zero-order chi connectivity index (χ0) is 22.6. The highest BCUT2D eigenvalue weighted by molar-refractivity contribution is 6.06. The third-order valence-electron chi connectivity index (χ3n) is 7.66. The Morgan fingerprint density at radius 1 is 1.16 bits per heavy atom. The summed E-state index contributed by atoms with van der Waals surface area (Å²) in [4.78, 5) is 32.1. The highest BCUT2D eigenvalue weighted by Crippen LogP contribution is 2.40. The molecule has 3 N–H and O–H groups in total. The van der Waals surface area contributed by atoms with Crippen LogP contribution in [0.15, 0.2) is 23.5 Å². The summed E-state index contributed by atoms with van der Waals surface area (Å²) in [5.41, 5.74) is 5.89. The number of amides is 2. The van der Waals surface area contributed by atoms with E-state index in [0.29, 0.717) is 29.8 Å². The Kier molecular flexibility index (Phi) is 7.06. The predicted molar refractivity (Wildman–Crippen MR) is 123 cm³/mol. The van der Waals surface area contributed by atoms with Gasteiger partial charge in [-0.15, -0.1) is 0 Å². The minimum atomic E-state index is -0.734. The van der Waals surface area contributed by atoms with Crippen molar-refractivity contribution >= 4 is 17.8 Å². The smallest absolute Gasteiger partial charge is 0.257 e. The van der Waals surface area contributed by atoms with Crippen molar-refractivity contribution in [1.29, 1.82) is 0 Å². The molecule has 4 rings (SSSR count).